The van der Waals surface area contributed by atoms with Crippen molar-refractivity contribution >= 4 is 17.6 Å². The van der Waals surface area contributed by atoms with Crippen LogP contribution in [0.25, 0.3) is 0 Å². The van der Waals surface area contributed by atoms with Crippen LogP contribution in [0.1, 0.15) is 30.8 Å². The van der Waals surface area contributed by atoms with Crippen molar-refractivity contribution in [2.75, 3.05) is 14.1 Å². The van der Waals surface area contributed by atoms with Crippen molar-refractivity contribution in [3.63, 3.8) is 0 Å². The lowest BCUT2D eigenvalue weighted by Gasteiger charge is -2.29. The largest absolute Gasteiger partial charge is 0.466 e. The van der Waals surface area contributed by atoms with Crippen molar-refractivity contribution in [2.24, 2.45) is 0 Å². The van der Waals surface area contributed by atoms with Crippen molar-refractivity contribution in [1.29, 1.82) is 0 Å². The zero-order chi connectivity index (χ0) is 22.1. The van der Waals surface area contributed by atoms with Gasteiger partial charge in [0.1, 0.15) is 0 Å². The van der Waals surface area contributed by atoms with Gasteiger partial charge in [-0.05, 0) is 13.8 Å². The molecule has 1 atom stereocenters. The number of nitrogens with zero attached hydrogens (tertiary/aromatic N) is 1. The molecule has 0 amide bonds. The van der Waals surface area contributed by atoms with Gasteiger partial charge in [0.15, 0.2) is 0 Å². The number of carbonyl (C=O) groups excluding carboxylic acids is 2. The Morgan fingerprint density at radius 1 is 1.20 bits per heavy atom. The number of nitro benzene ring substituents is 1. The first-order valence-electron chi connectivity index (χ1n) is 9.09. The van der Waals surface area contributed by atoms with Crippen LogP contribution in [0.4, 0.5) is 5.69 Å². The molecule has 1 aromatic carbocycles. The molecule has 1 aromatic rings. The van der Waals surface area contributed by atoms with E-state index < -0.39 is 46.6 Å². The summed E-state index contributed by atoms with van der Waals surface area (Å²) >= 11 is 0. The van der Waals surface area contributed by atoms with Crippen molar-refractivity contribution in [1.82, 2.24) is 5.32 Å². The minimum absolute atomic E-state index is 0.0116. The Hall–Kier alpha value is -3.16. The molecule has 132 valence electrons. The molecule has 0 saturated carbocycles. The molecule has 8 nitrogen and oxygen atoms in total. The topological polar surface area (TPSA) is 108 Å². The minimum atomic E-state index is -3.13. The number of hydrogen-bond acceptors (Lipinski definition) is 7. The summed E-state index contributed by atoms with van der Waals surface area (Å²) in [6.45, 7) is 2.80. The highest BCUT2D eigenvalue weighted by molar-refractivity contribution is 6.00. The fraction of sp³-hybridized carbons (Fsp3) is 0.294. The van der Waals surface area contributed by atoms with Crippen LogP contribution in [0.5, 0.6) is 0 Å². The number of hydrogen-bond donors (Lipinski definition) is 1. The number of para-hydroxylation sites is 1. The molecule has 25 heavy (non-hydrogen) atoms. The maximum absolute atomic E-state index is 12.7. The predicted octanol–water partition coefficient (Wildman–Crippen LogP) is 2.18. The highest BCUT2D eigenvalue weighted by atomic mass is 16.6. The predicted molar refractivity (Wildman–Crippen MR) is 88.4 cm³/mol. The molecular formula is C17H18N2O6. The molecule has 1 aliphatic heterocycles. The summed E-state index contributed by atoms with van der Waals surface area (Å²) in [5.41, 5.74) is -1.70. The lowest BCUT2D eigenvalue weighted by molar-refractivity contribution is -0.385. The van der Waals surface area contributed by atoms with Gasteiger partial charge in [0.05, 0.1) is 40.2 Å². The SMILES string of the molecule is [2H]C([2H])([2H])OC(=O)C1=C(C)NC(C)=C(C(=O)OC)C1([2H])c1ccccc1[N+](=O)[O-]. The van der Waals surface area contributed by atoms with Crippen LogP contribution < -0.4 is 5.32 Å². The number of methoxy groups -OCH3 is 2. The van der Waals surface area contributed by atoms with Crippen molar-refractivity contribution in [2.45, 2.75) is 19.7 Å². The molecule has 0 aromatic heterocycles. The second kappa shape index (κ2) is 7.16. The summed E-state index contributed by atoms with van der Waals surface area (Å²) in [6, 6.07) is 5.08. The Labute approximate surface area is 149 Å². The van der Waals surface area contributed by atoms with E-state index in [1.807, 2.05) is 0 Å². The van der Waals surface area contributed by atoms with Gasteiger partial charge in [-0.2, -0.15) is 0 Å². The van der Waals surface area contributed by atoms with Gasteiger partial charge < -0.3 is 14.8 Å². The summed E-state index contributed by atoms with van der Waals surface area (Å²) in [6.07, 6.45) is 0. The Morgan fingerprint density at radius 3 is 2.28 bits per heavy atom. The fourth-order valence-corrected chi connectivity index (χ4v) is 2.68. The van der Waals surface area contributed by atoms with Crippen LogP contribution >= 0.6 is 0 Å². The fourth-order valence-electron chi connectivity index (χ4n) is 2.68. The molecule has 1 heterocycles. The molecular weight excluding hydrogens is 328 g/mol. The number of nitro groups is 1. The van der Waals surface area contributed by atoms with Crippen LogP contribution in [-0.4, -0.2) is 31.0 Å². The first kappa shape index (κ1) is 13.2. The maximum Gasteiger partial charge on any atom is 0.336 e. The third-order valence-electron chi connectivity index (χ3n) is 3.68. The number of rotatable bonds is 4. The minimum Gasteiger partial charge on any atom is -0.466 e. The summed E-state index contributed by atoms with van der Waals surface area (Å²) in [5, 5.41) is 14.3. The van der Waals surface area contributed by atoms with Crippen LogP contribution in [0, 0.1) is 10.1 Å². The number of carbonyl (C=O) groups is 2. The second-order valence-electron chi connectivity index (χ2n) is 5.16. The van der Waals surface area contributed by atoms with E-state index >= 15 is 0 Å². The number of allylic oxidation sites excluding steroid dienone is 2. The summed E-state index contributed by atoms with van der Waals surface area (Å²) < 4.78 is 39.8. The first-order valence-corrected chi connectivity index (χ1v) is 7.09. The second-order valence-corrected chi connectivity index (χ2v) is 5.16. The quantitative estimate of drug-likeness (QED) is 0.504. The van der Waals surface area contributed by atoms with Crippen molar-refractivity contribution < 1.29 is 29.5 Å². The smallest absolute Gasteiger partial charge is 0.336 e. The average molecular weight is 350 g/mol. The van der Waals surface area contributed by atoms with Crippen LogP contribution in [0.2, 0.25) is 0 Å². The molecule has 0 fully saturated rings. The van der Waals surface area contributed by atoms with Gasteiger partial charge in [-0.1, -0.05) is 18.2 Å². The van der Waals surface area contributed by atoms with Crippen LogP contribution in [0.3, 0.4) is 0 Å². The Bertz CT molecular complexity index is 953. The van der Waals surface area contributed by atoms with Gasteiger partial charge in [0.2, 0.25) is 0 Å². The Balaban J connectivity index is 2.90. The Morgan fingerprint density at radius 2 is 1.76 bits per heavy atom. The number of dihydropyridines is 1. The van der Waals surface area contributed by atoms with E-state index in [9.17, 15) is 19.7 Å². The molecule has 1 unspecified atom stereocenters. The number of benzene rings is 1. The zero-order valence-electron chi connectivity index (χ0n) is 17.7. The van der Waals surface area contributed by atoms with E-state index in [1.165, 1.54) is 32.0 Å². The van der Waals surface area contributed by atoms with Gasteiger partial charge in [-0.25, -0.2) is 9.59 Å². The number of esters is 2. The third kappa shape index (κ3) is 3.23. The van der Waals surface area contributed by atoms with Gasteiger partial charge in [-0.3, -0.25) is 10.1 Å². The van der Waals surface area contributed by atoms with Gasteiger partial charge in [0.25, 0.3) is 5.69 Å². The molecule has 0 saturated heterocycles. The van der Waals surface area contributed by atoms with E-state index in [4.69, 9.17) is 10.2 Å². The van der Waals surface area contributed by atoms with Crippen LogP contribution in [0.15, 0.2) is 46.8 Å². The third-order valence-corrected chi connectivity index (χ3v) is 3.68. The molecule has 0 bridgehead atoms. The standard InChI is InChI=1S/C17H18N2O6/c1-9-13(16(20)24-3)15(14(10(2)18-9)17(21)25-4)11-7-5-6-8-12(11)19(22)23/h5-8,15,18H,1-4H3/i3D3,15D. The summed E-state index contributed by atoms with van der Waals surface area (Å²) in [4.78, 5) is 36.0. The number of nitrogens with one attached hydrogen (secondary N) is 1. The van der Waals surface area contributed by atoms with Gasteiger partial charge in [-0.15, -0.1) is 0 Å². The molecule has 2 rings (SSSR count). The van der Waals surface area contributed by atoms with Crippen LogP contribution in [-0.2, 0) is 19.1 Å². The molecule has 1 aliphatic rings. The normalized spacial score (nSPS) is 22.8. The van der Waals surface area contributed by atoms with Gasteiger partial charge in [0, 0.05) is 24.4 Å². The monoisotopic (exact) mass is 350 g/mol. The van der Waals surface area contributed by atoms with E-state index in [-0.39, 0.29) is 17.0 Å². The maximum atomic E-state index is 12.7. The molecule has 0 aliphatic carbocycles. The number of ether oxygens (including phenoxy) is 2. The average Bonchev–Trinajstić information content (AvgIpc) is 2.59. The van der Waals surface area contributed by atoms with E-state index in [0.29, 0.717) is 0 Å². The van der Waals surface area contributed by atoms with Crippen molar-refractivity contribution in [3.05, 3.63) is 62.5 Å². The Kier molecular flexibility index (Phi) is 3.77. The highest BCUT2D eigenvalue weighted by Gasteiger charge is 2.40. The lowest BCUT2D eigenvalue weighted by atomic mass is 9.79. The van der Waals surface area contributed by atoms with E-state index in [1.54, 1.807) is 0 Å². The zero-order valence-corrected chi connectivity index (χ0v) is 13.7. The van der Waals surface area contributed by atoms with Crippen molar-refractivity contribution in [3.8, 4) is 0 Å². The molecule has 1 N–H and O–H groups in total. The molecule has 0 radical (unpaired) electrons. The molecule has 8 heteroatoms. The van der Waals surface area contributed by atoms with Gasteiger partial charge >= 0.3 is 11.9 Å². The first-order chi connectivity index (χ1) is 13.3. The highest BCUT2D eigenvalue weighted by Crippen LogP contribution is 2.42. The molecule has 0 spiro atoms. The summed E-state index contributed by atoms with van der Waals surface area (Å²) in [7, 11) is -2.08. The van der Waals surface area contributed by atoms with E-state index in [0.717, 1.165) is 13.2 Å². The van der Waals surface area contributed by atoms with E-state index in [2.05, 4.69) is 10.1 Å². The lowest BCUT2D eigenvalue weighted by Crippen LogP contribution is -2.32. The summed E-state index contributed by atoms with van der Waals surface area (Å²) in [5.74, 6) is -4.90.